The van der Waals surface area contributed by atoms with E-state index < -0.39 is 0 Å². The van der Waals surface area contributed by atoms with Crippen LogP contribution in [0.2, 0.25) is 0 Å². The minimum atomic E-state index is 0.540. The molecule has 0 aliphatic carbocycles. The first kappa shape index (κ1) is 13.1. The minimum Gasteiger partial charge on any atom is -0.381 e. The Hall–Kier alpha value is -0.900. The highest BCUT2D eigenvalue weighted by Gasteiger charge is 2.30. The third-order valence-electron chi connectivity index (χ3n) is 4.57. The Morgan fingerprint density at radius 1 is 1.05 bits per heavy atom. The van der Waals surface area contributed by atoms with Crippen molar-refractivity contribution in [1.29, 1.82) is 0 Å². The summed E-state index contributed by atoms with van der Waals surface area (Å²) in [6.45, 7) is 5.40. The zero-order chi connectivity index (χ0) is 13.1. The Bertz CT molecular complexity index is 389. The number of piperazine rings is 1. The Morgan fingerprint density at radius 3 is 2.53 bits per heavy atom. The first-order valence-corrected chi connectivity index (χ1v) is 7.41. The highest BCUT2D eigenvalue weighted by atomic mass is 16.5. The second-order valence-corrected chi connectivity index (χ2v) is 5.75. The van der Waals surface area contributed by atoms with Gasteiger partial charge in [-0.15, -0.1) is 0 Å². The summed E-state index contributed by atoms with van der Waals surface area (Å²) < 4.78 is 5.49. The number of hydrogen-bond acceptors (Lipinski definition) is 3. The van der Waals surface area contributed by atoms with Crippen LogP contribution in [-0.4, -0.2) is 55.7 Å². The number of likely N-dealkylation sites (N-methyl/N-ethyl adjacent to an activating group) is 1. The molecular weight excluding hydrogens is 236 g/mol. The molecule has 0 amide bonds. The average molecular weight is 260 g/mol. The quantitative estimate of drug-likeness (QED) is 0.810. The summed E-state index contributed by atoms with van der Waals surface area (Å²) in [5, 5.41) is 0. The molecule has 2 aliphatic heterocycles. The fraction of sp³-hybridized carbons (Fsp3) is 0.625. The molecule has 2 heterocycles. The van der Waals surface area contributed by atoms with Gasteiger partial charge in [-0.2, -0.15) is 0 Å². The van der Waals surface area contributed by atoms with Crippen molar-refractivity contribution in [2.75, 3.05) is 39.9 Å². The van der Waals surface area contributed by atoms with Gasteiger partial charge in [0.25, 0.3) is 0 Å². The van der Waals surface area contributed by atoms with Crippen molar-refractivity contribution in [2.45, 2.75) is 24.9 Å². The molecule has 104 valence electrons. The van der Waals surface area contributed by atoms with E-state index in [1.54, 1.807) is 0 Å². The Balaban J connectivity index is 1.70. The van der Waals surface area contributed by atoms with Gasteiger partial charge in [0.1, 0.15) is 0 Å². The Labute approximate surface area is 116 Å². The third-order valence-corrected chi connectivity index (χ3v) is 4.57. The van der Waals surface area contributed by atoms with Crippen LogP contribution in [0.15, 0.2) is 30.3 Å². The minimum absolute atomic E-state index is 0.540. The fourth-order valence-corrected chi connectivity index (χ4v) is 3.31. The van der Waals surface area contributed by atoms with E-state index in [2.05, 4.69) is 47.2 Å². The van der Waals surface area contributed by atoms with Crippen LogP contribution in [0.4, 0.5) is 0 Å². The molecule has 1 atom stereocenters. The van der Waals surface area contributed by atoms with Crippen LogP contribution < -0.4 is 0 Å². The molecule has 19 heavy (non-hydrogen) atoms. The Kier molecular flexibility index (Phi) is 4.16. The van der Waals surface area contributed by atoms with Crippen LogP contribution in [0.1, 0.15) is 24.4 Å². The molecule has 1 unspecified atom stereocenters. The van der Waals surface area contributed by atoms with Gasteiger partial charge in [-0.25, -0.2) is 0 Å². The zero-order valence-corrected chi connectivity index (χ0v) is 11.8. The summed E-state index contributed by atoms with van der Waals surface area (Å²) in [5.41, 5.74) is 1.45. The van der Waals surface area contributed by atoms with Crippen LogP contribution in [0, 0.1) is 0 Å². The number of nitrogens with zero attached hydrogens (tertiary/aromatic N) is 2. The molecule has 3 nitrogen and oxygen atoms in total. The van der Waals surface area contributed by atoms with Gasteiger partial charge in [0.05, 0.1) is 0 Å². The second kappa shape index (κ2) is 6.04. The summed E-state index contributed by atoms with van der Waals surface area (Å²) in [7, 11) is 2.25. The first-order chi connectivity index (χ1) is 9.34. The zero-order valence-electron chi connectivity index (χ0n) is 11.8. The van der Waals surface area contributed by atoms with Gasteiger partial charge in [-0.3, -0.25) is 9.80 Å². The predicted molar refractivity (Wildman–Crippen MR) is 77.2 cm³/mol. The normalized spacial score (nSPS) is 27.5. The molecule has 2 fully saturated rings. The van der Waals surface area contributed by atoms with Gasteiger partial charge in [-0.1, -0.05) is 30.3 Å². The standard InChI is InChI=1S/C16H24N2O/c1-17-9-10-18(15-7-11-19-12-8-15)13-16(17)14-5-3-2-4-6-14/h2-6,15-16H,7-13H2,1H3. The van der Waals surface area contributed by atoms with E-state index in [9.17, 15) is 0 Å². The molecule has 0 spiro atoms. The molecular formula is C16H24N2O. The maximum atomic E-state index is 5.49. The van der Waals surface area contributed by atoms with Crippen LogP contribution in [0.5, 0.6) is 0 Å². The van der Waals surface area contributed by atoms with E-state index >= 15 is 0 Å². The van der Waals surface area contributed by atoms with E-state index in [1.807, 2.05) is 0 Å². The molecule has 0 bridgehead atoms. The van der Waals surface area contributed by atoms with Crippen molar-refractivity contribution in [3.05, 3.63) is 35.9 Å². The molecule has 0 N–H and O–H groups in total. The predicted octanol–water partition coefficient (Wildman–Crippen LogP) is 2.15. The fourth-order valence-electron chi connectivity index (χ4n) is 3.31. The van der Waals surface area contributed by atoms with Crippen molar-refractivity contribution >= 4 is 0 Å². The molecule has 2 saturated heterocycles. The number of ether oxygens (including phenoxy) is 1. The van der Waals surface area contributed by atoms with E-state index in [0.29, 0.717) is 6.04 Å². The van der Waals surface area contributed by atoms with E-state index in [1.165, 1.54) is 24.9 Å². The van der Waals surface area contributed by atoms with E-state index in [4.69, 9.17) is 4.74 Å². The van der Waals surface area contributed by atoms with Gasteiger partial charge in [0, 0.05) is 44.9 Å². The first-order valence-electron chi connectivity index (χ1n) is 7.41. The lowest BCUT2D eigenvalue weighted by atomic mass is 9.99. The lowest BCUT2D eigenvalue weighted by Gasteiger charge is -2.44. The van der Waals surface area contributed by atoms with Crippen molar-refractivity contribution in [3.63, 3.8) is 0 Å². The summed E-state index contributed by atoms with van der Waals surface area (Å²) in [5.74, 6) is 0. The van der Waals surface area contributed by atoms with Gasteiger partial charge < -0.3 is 4.74 Å². The SMILES string of the molecule is CN1CCN(C2CCOCC2)CC1c1ccccc1. The van der Waals surface area contributed by atoms with Gasteiger partial charge in [0.15, 0.2) is 0 Å². The lowest BCUT2D eigenvalue weighted by Crippen LogP contribution is -2.51. The Morgan fingerprint density at radius 2 is 1.79 bits per heavy atom. The van der Waals surface area contributed by atoms with E-state index in [-0.39, 0.29) is 0 Å². The molecule has 3 heteroatoms. The summed E-state index contributed by atoms with van der Waals surface area (Å²) in [6.07, 6.45) is 2.40. The largest absolute Gasteiger partial charge is 0.381 e. The highest BCUT2D eigenvalue weighted by Crippen LogP contribution is 2.27. The summed E-state index contributed by atoms with van der Waals surface area (Å²) >= 11 is 0. The van der Waals surface area contributed by atoms with Gasteiger partial charge in [0.2, 0.25) is 0 Å². The van der Waals surface area contributed by atoms with Crippen LogP contribution in [-0.2, 0) is 4.74 Å². The van der Waals surface area contributed by atoms with Crippen LogP contribution in [0.3, 0.4) is 0 Å². The highest BCUT2D eigenvalue weighted by molar-refractivity contribution is 5.20. The molecule has 1 aromatic rings. The number of rotatable bonds is 2. The lowest BCUT2D eigenvalue weighted by molar-refractivity contribution is 0.001000. The van der Waals surface area contributed by atoms with Crippen LogP contribution >= 0.6 is 0 Å². The molecule has 0 saturated carbocycles. The monoisotopic (exact) mass is 260 g/mol. The number of benzene rings is 1. The maximum Gasteiger partial charge on any atom is 0.0480 e. The van der Waals surface area contributed by atoms with Crippen molar-refractivity contribution in [2.24, 2.45) is 0 Å². The average Bonchev–Trinajstić information content (AvgIpc) is 2.49. The van der Waals surface area contributed by atoms with Gasteiger partial charge in [-0.05, 0) is 25.5 Å². The molecule has 0 radical (unpaired) electrons. The van der Waals surface area contributed by atoms with Crippen molar-refractivity contribution in [1.82, 2.24) is 9.80 Å². The number of hydrogen-bond donors (Lipinski definition) is 0. The second-order valence-electron chi connectivity index (χ2n) is 5.75. The molecule has 2 aliphatic rings. The van der Waals surface area contributed by atoms with E-state index in [0.717, 1.165) is 32.3 Å². The summed E-state index contributed by atoms with van der Waals surface area (Å²) in [6, 6.07) is 12.2. The molecule has 3 rings (SSSR count). The topological polar surface area (TPSA) is 15.7 Å². The summed E-state index contributed by atoms with van der Waals surface area (Å²) in [4.78, 5) is 5.17. The van der Waals surface area contributed by atoms with Crippen LogP contribution in [0.25, 0.3) is 0 Å². The molecule has 0 aromatic heterocycles. The van der Waals surface area contributed by atoms with Crippen molar-refractivity contribution < 1.29 is 4.74 Å². The maximum absolute atomic E-state index is 5.49. The smallest absolute Gasteiger partial charge is 0.0480 e. The van der Waals surface area contributed by atoms with Crippen molar-refractivity contribution in [3.8, 4) is 0 Å². The molecule has 1 aromatic carbocycles. The van der Waals surface area contributed by atoms with Gasteiger partial charge >= 0.3 is 0 Å². The third kappa shape index (κ3) is 2.99.